The van der Waals surface area contributed by atoms with E-state index in [1.54, 1.807) is 18.7 Å². The van der Waals surface area contributed by atoms with Crippen molar-refractivity contribution in [2.75, 3.05) is 19.7 Å². The fourth-order valence-electron chi connectivity index (χ4n) is 2.65. The van der Waals surface area contributed by atoms with E-state index < -0.39 is 11.5 Å². The van der Waals surface area contributed by atoms with Crippen molar-refractivity contribution in [2.45, 2.75) is 34.2 Å². The second-order valence-electron chi connectivity index (χ2n) is 5.98. The van der Waals surface area contributed by atoms with E-state index in [4.69, 9.17) is 9.15 Å². The van der Waals surface area contributed by atoms with Gasteiger partial charge >= 0.3 is 5.97 Å². The Morgan fingerprint density at radius 1 is 1.38 bits per heavy atom. The van der Waals surface area contributed by atoms with Crippen LogP contribution in [0.25, 0.3) is 11.1 Å². The first kappa shape index (κ1) is 19.4. The molecule has 140 valence electrons. The topological polar surface area (TPSA) is 94.6 Å². The third kappa shape index (κ3) is 3.84. The van der Waals surface area contributed by atoms with Crippen LogP contribution in [0.2, 0.25) is 0 Å². The Bertz CT molecular complexity index is 909. The molecule has 0 radical (unpaired) electrons. The van der Waals surface area contributed by atoms with Gasteiger partial charge in [0.1, 0.15) is 29.6 Å². The van der Waals surface area contributed by atoms with Gasteiger partial charge in [0.2, 0.25) is 11.6 Å². The molecule has 0 N–H and O–H groups in total. The van der Waals surface area contributed by atoms with Gasteiger partial charge in [0.05, 0.1) is 6.61 Å². The smallest absolute Gasteiger partial charge is 0.342 e. The first-order valence-corrected chi connectivity index (χ1v) is 8.37. The number of hydrogen-bond acceptors (Lipinski definition) is 6. The van der Waals surface area contributed by atoms with Gasteiger partial charge in [-0.1, -0.05) is 12.2 Å². The van der Waals surface area contributed by atoms with Gasteiger partial charge in [-0.15, -0.1) is 0 Å². The Labute approximate surface area is 151 Å². The van der Waals surface area contributed by atoms with Gasteiger partial charge in [-0.3, -0.25) is 14.2 Å². The van der Waals surface area contributed by atoms with Gasteiger partial charge in [-0.2, -0.15) is 0 Å². The van der Waals surface area contributed by atoms with Gasteiger partial charge in [-0.25, -0.2) is 9.78 Å². The molecule has 0 aliphatic heterocycles. The molecule has 2 rings (SSSR count). The van der Waals surface area contributed by atoms with Crippen molar-refractivity contribution in [1.82, 2.24) is 14.5 Å². The summed E-state index contributed by atoms with van der Waals surface area (Å²) in [6.45, 7) is 11.6. The minimum atomic E-state index is -0.649. The molecule has 2 aromatic rings. The van der Waals surface area contributed by atoms with Crippen molar-refractivity contribution in [1.29, 1.82) is 0 Å². The molecular formula is C18H23N3O5. The maximum absolute atomic E-state index is 12.8. The molecular weight excluding hydrogens is 338 g/mol. The zero-order valence-corrected chi connectivity index (χ0v) is 15.5. The summed E-state index contributed by atoms with van der Waals surface area (Å²) >= 11 is 0. The van der Waals surface area contributed by atoms with Crippen LogP contribution in [-0.4, -0.2) is 46.0 Å². The average Bonchev–Trinajstić information content (AvgIpc) is 2.92. The number of carbonyl (C=O) groups excluding carboxylic acids is 2. The summed E-state index contributed by atoms with van der Waals surface area (Å²) in [6.07, 6.45) is 1.25. The molecule has 0 unspecified atom stereocenters. The minimum Gasteiger partial charge on any atom is -0.462 e. The molecule has 2 aromatic heterocycles. The van der Waals surface area contributed by atoms with E-state index in [1.807, 2.05) is 13.8 Å². The highest BCUT2D eigenvalue weighted by Gasteiger charge is 2.24. The number of furan rings is 1. The lowest BCUT2D eigenvalue weighted by molar-refractivity contribution is -0.131. The quantitative estimate of drug-likeness (QED) is 0.552. The van der Waals surface area contributed by atoms with Crippen LogP contribution in [0, 0.1) is 6.92 Å². The molecule has 0 fully saturated rings. The third-order valence-electron chi connectivity index (χ3n) is 3.84. The van der Waals surface area contributed by atoms with Crippen molar-refractivity contribution < 1.29 is 18.7 Å². The zero-order chi connectivity index (χ0) is 19.4. The Morgan fingerprint density at radius 2 is 2.08 bits per heavy atom. The maximum atomic E-state index is 12.8. The van der Waals surface area contributed by atoms with Crippen molar-refractivity contribution in [3.63, 3.8) is 0 Å². The van der Waals surface area contributed by atoms with Crippen LogP contribution in [0.15, 0.2) is 27.7 Å². The molecule has 0 spiro atoms. The Kier molecular flexibility index (Phi) is 5.97. The lowest BCUT2D eigenvalue weighted by atomic mass is 10.2. The lowest BCUT2D eigenvalue weighted by Gasteiger charge is -2.21. The molecule has 0 saturated carbocycles. The fourth-order valence-corrected chi connectivity index (χ4v) is 2.65. The van der Waals surface area contributed by atoms with E-state index in [0.29, 0.717) is 13.1 Å². The van der Waals surface area contributed by atoms with Gasteiger partial charge in [0.15, 0.2) is 0 Å². The molecule has 2 heterocycles. The van der Waals surface area contributed by atoms with Crippen LogP contribution >= 0.6 is 0 Å². The largest absolute Gasteiger partial charge is 0.462 e. The summed E-state index contributed by atoms with van der Waals surface area (Å²) in [7, 11) is 0. The third-order valence-corrected chi connectivity index (χ3v) is 3.84. The Morgan fingerprint density at radius 3 is 2.65 bits per heavy atom. The van der Waals surface area contributed by atoms with Crippen molar-refractivity contribution >= 4 is 23.0 Å². The number of nitrogens with zero attached hydrogens (tertiary/aromatic N) is 3. The number of fused-ring (bicyclic) bond motifs is 1. The summed E-state index contributed by atoms with van der Waals surface area (Å²) in [5, 5.41) is 0.0270. The predicted octanol–water partition coefficient (Wildman–Crippen LogP) is 1.90. The normalized spacial score (nSPS) is 10.8. The van der Waals surface area contributed by atoms with Crippen LogP contribution in [-0.2, 0) is 16.1 Å². The summed E-state index contributed by atoms with van der Waals surface area (Å²) in [4.78, 5) is 43.1. The standard InChI is InChI=1S/C18H23N3O5/c1-6-20(8-11(3)4)13(22)9-21-10-19-16-15(17(21)23)14(12(5)26-16)18(24)25-7-2/h10H,3,6-9H2,1-2,4-5H3. The molecule has 0 aliphatic carbocycles. The minimum absolute atomic E-state index is 0.0270. The molecule has 26 heavy (non-hydrogen) atoms. The molecule has 8 heteroatoms. The van der Waals surface area contributed by atoms with E-state index in [9.17, 15) is 14.4 Å². The Balaban J connectivity index is 2.44. The van der Waals surface area contributed by atoms with E-state index in [-0.39, 0.29) is 41.5 Å². The number of ether oxygens (including phenoxy) is 1. The number of esters is 1. The van der Waals surface area contributed by atoms with Crippen LogP contribution in [0.4, 0.5) is 0 Å². The average molecular weight is 361 g/mol. The first-order valence-electron chi connectivity index (χ1n) is 8.37. The van der Waals surface area contributed by atoms with Gasteiger partial charge in [0.25, 0.3) is 5.56 Å². The van der Waals surface area contributed by atoms with Gasteiger partial charge in [0, 0.05) is 13.1 Å². The van der Waals surface area contributed by atoms with E-state index in [0.717, 1.165) is 5.57 Å². The lowest BCUT2D eigenvalue weighted by Crippen LogP contribution is -2.37. The fraction of sp³-hybridized carbons (Fsp3) is 0.444. The van der Waals surface area contributed by atoms with E-state index in [2.05, 4.69) is 11.6 Å². The summed E-state index contributed by atoms with van der Waals surface area (Å²) in [6, 6.07) is 0. The number of aromatic nitrogens is 2. The number of aryl methyl sites for hydroxylation is 1. The van der Waals surface area contributed by atoms with Crippen molar-refractivity contribution in [3.05, 3.63) is 40.2 Å². The van der Waals surface area contributed by atoms with E-state index >= 15 is 0 Å². The predicted molar refractivity (Wildman–Crippen MR) is 96.0 cm³/mol. The van der Waals surface area contributed by atoms with Crippen LogP contribution in [0.5, 0.6) is 0 Å². The number of rotatable bonds is 7. The highest BCUT2D eigenvalue weighted by Crippen LogP contribution is 2.21. The summed E-state index contributed by atoms with van der Waals surface area (Å²) in [5.74, 6) is -0.634. The highest BCUT2D eigenvalue weighted by molar-refractivity contribution is 6.03. The summed E-state index contributed by atoms with van der Waals surface area (Å²) < 4.78 is 11.6. The SMILES string of the molecule is C=C(C)CN(CC)C(=O)Cn1cnc2oc(C)c(C(=O)OCC)c2c1=O. The number of hydrogen-bond donors (Lipinski definition) is 0. The van der Waals surface area contributed by atoms with Gasteiger partial charge < -0.3 is 14.1 Å². The van der Waals surface area contributed by atoms with E-state index in [1.165, 1.54) is 10.9 Å². The number of amides is 1. The molecule has 0 atom stereocenters. The maximum Gasteiger partial charge on any atom is 0.342 e. The Hall–Kier alpha value is -2.90. The second-order valence-corrected chi connectivity index (χ2v) is 5.98. The zero-order valence-electron chi connectivity index (χ0n) is 15.5. The number of likely N-dealkylation sites (N-methyl/N-ethyl adjacent to an activating group) is 1. The molecule has 8 nitrogen and oxygen atoms in total. The van der Waals surface area contributed by atoms with Crippen LogP contribution in [0.3, 0.4) is 0 Å². The van der Waals surface area contributed by atoms with Crippen molar-refractivity contribution in [3.8, 4) is 0 Å². The molecule has 0 aliphatic rings. The first-order chi connectivity index (χ1) is 12.3. The van der Waals surface area contributed by atoms with Gasteiger partial charge in [-0.05, 0) is 27.7 Å². The van der Waals surface area contributed by atoms with Crippen LogP contribution in [0.1, 0.15) is 36.9 Å². The highest BCUT2D eigenvalue weighted by atomic mass is 16.5. The monoisotopic (exact) mass is 361 g/mol. The summed E-state index contributed by atoms with van der Waals surface area (Å²) in [5.41, 5.74) is 0.426. The molecule has 0 saturated heterocycles. The van der Waals surface area contributed by atoms with Crippen LogP contribution < -0.4 is 5.56 Å². The van der Waals surface area contributed by atoms with Crippen molar-refractivity contribution in [2.24, 2.45) is 0 Å². The molecule has 1 amide bonds. The molecule has 0 aromatic carbocycles. The molecule has 0 bridgehead atoms. The second kappa shape index (κ2) is 7.99. The number of carbonyl (C=O) groups is 2.